The Labute approximate surface area is 174 Å². The summed E-state index contributed by atoms with van der Waals surface area (Å²) in [5, 5.41) is 6.92. The number of ether oxygens (including phenoxy) is 2. The summed E-state index contributed by atoms with van der Waals surface area (Å²) in [7, 11) is 0. The van der Waals surface area contributed by atoms with Crippen LogP contribution in [0, 0.1) is 0 Å². The van der Waals surface area contributed by atoms with Gasteiger partial charge in [-0.15, -0.1) is 24.0 Å². The summed E-state index contributed by atoms with van der Waals surface area (Å²) in [6.07, 6.45) is 4.52. The third kappa shape index (κ3) is 6.09. The summed E-state index contributed by atoms with van der Waals surface area (Å²) in [6.45, 7) is 8.38. The van der Waals surface area contributed by atoms with E-state index in [0.717, 1.165) is 18.9 Å². The second-order valence-electron chi connectivity index (χ2n) is 7.24. The van der Waals surface area contributed by atoms with E-state index in [1.54, 1.807) is 0 Å². The molecule has 0 aliphatic carbocycles. The number of aliphatic imine (C=N–C) groups is 1. The van der Waals surface area contributed by atoms with Crippen molar-refractivity contribution in [2.75, 3.05) is 6.54 Å². The van der Waals surface area contributed by atoms with Gasteiger partial charge < -0.3 is 20.1 Å². The Balaban J connectivity index is 0.00000243. The molecule has 146 valence electrons. The molecule has 3 atom stereocenters. The lowest BCUT2D eigenvalue weighted by Gasteiger charge is -2.22. The number of guanidine groups is 1. The number of halogens is 1. The molecule has 2 fully saturated rings. The molecule has 2 N–H and O–H groups in total. The maximum absolute atomic E-state index is 5.93. The average molecular weight is 473 g/mol. The highest BCUT2D eigenvalue weighted by molar-refractivity contribution is 14.0. The monoisotopic (exact) mass is 473 g/mol. The Morgan fingerprint density at radius 3 is 2.77 bits per heavy atom. The zero-order valence-electron chi connectivity index (χ0n) is 16.0. The minimum absolute atomic E-state index is 0. The van der Waals surface area contributed by atoms with Crippen molar-refractivity contribution in [2.45, 2.75) is 77.5 Å². The lowest BCUT2D eigenvalue weighted by Crippen LogP contribution is -2.47. The molecule has 1 aromatic carbocycles. The molecule has 2 saturated heterocycles. The van der Waals surface area contributed by atoms with Crippen molar-refractivity contribution in [3.63, 3.8) is 0 Å². The first-order valence-electron chi connectivity index (χ1n) is 9.53. The number of nitrogens with zero attached hydrogens (tertiary/aromatic N) is 1. The van der Waals surface area contributed by atoms with Crippen LogP contribution in [0.15, 0.2) is 29.3 Å². The first-order valence-corrected chi connectivity index (χ1v) is 9.53. The van der Waals surface area contributed by atoms with Crippen molar-refractivity contribution >= 4 is 29.9 Å². The molecule has 0 spiro atoms. The molecule has 0 radical (unpaired) electrons. The van der Waals surface area contributed by atoms with Gasteiger partial charge in [-0.2, -0.15) is 0 Å². The molecule has 3 rings (SSSR count). The molecule has 3 unspecified atom stereocenters. The molecular formula is C20H32IN3O2. The molecule has 2 aliphatic heterocycles. The molecule has 0 amide bonds. The largest absolute Gasteiger partial charge is 0.374 e. The first-order chi connectivity index (χ1) is 12.1. The Kier molecular flexibility index (Phi) is 8.63. The third-order valence-electron chi connectivity index (χ3n) is 4.77. The highest BCUT2D eigenvalue weighted by Gasteiger charge is 2.41. The van der Waals surface area contributed by atoms with E-state index in [4.69, 9.17) is 14.5 Å². The fourth-order valence-corrected chi connectivity index (χ4v) is 3.54. The number of hydrogen-bond acceptors (Lipinski definition) is 3. The van der Waals surface area contributed by atoms with Gasteiger partial charge in [0.05, 0.1) is 37.5 Å². The average Bonchev–Trinajstić information content (AvgIpc) is 3.21. The SMILES string of the molecule is CCNC(=NCc1cccc(COC(C)C)c1)NC1CC2CCC1O2.I. The van der Waals surface area contributed by atoms with E-state index in [9.17, 15) is 0 Å². The van der Waals surface area contributed by atoms with Gasteiger partial charge >= 0.3 is 0 Å². The van der Waals surface area contributed by atoms with Gasteiger partial charge in [-0.05, 0) is 51.2 Å². The van der Waals surface area contributed by atoms with Crippen molar-refractivity contribution < 1.29 is 9.47 Å². The van der Waals surface area contributed by atoms with Crippen LogP contribution in [0.4, 0.5) is 0 Å². The van der Waals surface area contributed by atoms with Gasteiger partial charge in [-0.3, -0.25) is 0 Å². The van der Waals surface area contributed by atoms with Gasteiger partial charge in [0.2, 0.25) is 0 Å². The maximum Gasteiger partial charge on any atom is 0.191 e. The van der Waals surface area contributed by atoms with E-state index in [2.05, 4.69) is 55.7 Å². The second kappa shape index (κ2) is 10.5. The quantitative estimate of drug-likeness (QED) is 0.361. The molecule has 6 heteroatoms. The van der Waals surface area contributed by atoms with Crippen molar-refractivity contribution in [3.8, 4) is 0 Å². The highest BCUT2D eigenvalue weighted by Crippen LogP contribution is 2.34. The molecule has 5 nitrogen and oxygen atoms in total. The van der Waals surface area contributed by atoms with Crippen LogP contribution in [-0.4, -0.2) is 36.9 Å². The van der Waals surface area contributed by atoms with Gasteiger partial charge in [0.15, 0.2) is 5.96 Å². The number of hydrogen-bond donors (Lipinski definition) is 2. The van der Waals surface area contributed by atoms with Gasteiger partial charge in [-0.25, -0.2) is 4.99 Å². The highest BCUT2D eigenvalue weighted by atomic mass is 127. The summed E-state index contributed by atoms with van der Waals surface area (Å²) in [4.78, 5) is 4.77. The molecule has 2 bridgehead atoms. The van der Waals surface area contributed by atoms with Crippen LogP contribution >= 0.6 is 24.0 Å². The summed E-state index contributed by atoms with van der Waals surface area (Å²) in [6, 6.07) is 8.87. The molecule has 26 heavy (non-hydrogen) atoms. The predicted octanol–water partition coefficient (Wildman–Crippen LogP) is 3.60. The number of rotatable bonds is 7. The molecule has 1 aromatic rings. The van der Waals surface area contributed by atoms with Gasteiger partial charge in [0.25, 0.3) is 0 Å². The minimum Gasteiger partial charge on any atom is -0.374 e. The lowest BCUT2D eigenvalue weighted by molar-refractivity contribution is 0.0657. The standard InChI is InChI=1S/C20H31N3O2.HI/c1-4-21-20(23-18-11-17-8-9-19(18)25-17)22-12-15-6-5-7-16(10-15)13-24-14(2)3;/h5-7,10,14,17-19H,4,8-9,11-13H2,1-3H3,(H2,21,22,23);1H. The Morgan fingerprint density at radius 2 is 2.12 bits per heavy atom. The van der Waals surface area contributed by atoms with E-state index in [1.165, 1.54) is 24.0 Å². The van der Waals surface area contributed by atoms with Crippen LogP contribution in [-0.2, 0) is 22.6 Å². The molecule has 2 heterocycles. The molecule has 0 aromatic heterocycles. The van der Waals surface area contributed by atoms with Crippen LogP contribution in [0.3, 0.4) is 0 Å². The van der Waals surface area contributed by atoms with Crippen molar-refractivity contribution in [1.29, 1.82) is 0 Å². The number of nitrogens with one attached hydrogen (secondary N) is 2. The van der Waals surface area contributed by atoms with E-state index in [0.29, 0.717) is 31.4 Å². The van der Waals surface area contributed by atoms with Crippen LogP contribution < -0.4 is 10.6 Å². The summed E-state index contributed by atoms with van der Waals surface area (Å²) < 4.78 is 11.6. The Hall–Kier alpha value is -0.860. The van der Waals surface area contributed by atoms with Gasteiger partial charge in [0.1, 0.15) is 0 Å². The topological polar surface area (TPSA) is 54.9 Å². The van der Waals surface area contributed by atoms with Crippen LogP contribution in [0.1, 0.15) is 51.2 Å². The van der Waals surface area contributed by atoms with E-state index in [-0.39, 0.29) is 30.1 Å². The van der Waals surface area contributed by atoms with Crippen LogP contribution in [0.25, 0.3) is 0 Å². The lowest BCUT2D eigenvalue weighted by atomic mass is 9.96. The predicted molar refractivity (Wildman–Crippen MR) is 116 cm³/mol. The normalized spacial score (nSPS) is 24.6. The van der Waals surface area contributed by atoms with E-state index >= 15 is 0 Å². The Morgan fingerprint density at radius 1 is 1.31 bits per heavy atom. The number of fused-ring (bicyclic) bond motifs is 2. The fraction of sp³-hybridized carbons (Fsp3) is 0.650. The maximum atomic E-state index is 5.93. The van der Waals surface area contributed by atoms with Crippen molar-refractivity contribution in [2.24, 2.45) is 4.99 Å². The zero-order chi connectivity index (χ0) is 17.6. The fourth-order valence-electron chi connectivity index (χ4n) is 3.54. The van der Waals surface area contributed by atoms with Gasteiger partial charge in [0, 0.05) is 6.54 Å². The van der Waals surface area contributed by atoms with Gasteiger partial charge in [-0.1, -0.05) is 24.3 Å². The third-order valence-corrected chi connectivity index (χ3v) is 4.77. The van der Waals surface area contributed by atoms with E-state index < -0.39 is 0 Å². The minimum atomic E-state index is 0. The summed E-state index contributed by atoms with van der Waals surface area (Å²) >= 11 is 0. The zero-order valence-corrected chi connectivity index (χ0v) is 18.4. The smallest absolute Gasteiger partial charge is 0.191 e. The molecule has 0 saturated carbocycles. The van der Waals surface area contributed by atoms with Crippen molar-refractivity contribution in [1.82, 2.24) is 10.6 Å². The Bertz CT molecular complexity index is 594. The van der Waals surface area contributed by atoms with Crippen LogP contribution in [0.5, 0.6) is 0 Å². The molecular weight excluding hydrogens is 441 g/mol. The van der Waals surface area contributed by atoms with E-state index in [1.807, 2.05) is 0 Å². The first kappa shape index (κ1) is 21.4. The second-order valence-corrected chi connectivity index (χ2v) is 7.24. The van der Waals surface area contributed by atoms with Crippen LogP contribution in [0.2, 0.25) is 0 Å². The number of benzene rings is 1. The summed E-state index contributed by atoms with van der Waals surface area (Å²) in [5.41, 5.74) is 2.40. The summed E-state index contributed by atoms with van der Waals surface area (Å²) in [5.74, 6) is 0.882. The van der Waals surface area contributed by atoms with Crippen molar-refractivity contribution in [3.05, 3.63) is 35.4 Å². The molecule has 2 aliphatic rings.